The summed E-state index contributed by atoms with van der Waals surface area (Å²) in [5.74, 6) is -2.24. The molecule has 1 aromatic rings. The van der Waals surface area contributed by atoms with Crippen LogP contribution in [0.2, 0.25) is 0 Å². The number of hydrogen-bond acceptors (Lipinski definition) is 4. The molecular weight excluding hydrogens is 276 g/mol. The van der Waals surface area contributed by atoms with E-state index < -0.39 is 38.3 Å². The predicted octanol–water partition coefficient (Wildman–Crippen LogP) is 1.47. The van der Waals surface area contributed by atoms with Crippen molar-refractivity contribution >= 4 is 15.7 Å². The van der Waals surface area contributed by atoms with Gasteiger partial charge in [-0.25, -0.2) is 17.2 Å². The first-order valence-corrected chi connectivity index (χ1v) is 6.75. The highest BCUT2D eigenvalue weighted by Crippen LogP contribution is 2.24. The third-order valence-corrected chi connectivity index (χ3v) is 4.70. The first-order valence-electron chi connectivity index (χ1n) is 5.31. The lowest BCUT2D eigenvalue weighted by molar-refractivity contribution is 0.390. The van der Waals surface area contributed by atoms with Gasteiger partial charge in [-0.1, -0.05) is 0 Å². The fraction of sp³-hybridized carbons (Fsp3) is 0.364. The Morgan fingerprint density at radius 3 is 2.53 bits per heavy atom. The van der Waals surface area contributed by atoms with Crippen LogP contribution in [0.25, 0.3) is 0 Å². The summed E-state index contributed by atoms with van der Waals surface area (Å²) in [5, 5.41) is 8.54. The largest absolute Gasteiger partial charge is 0.396 e. The first kappa shape index (κ1) is 15.3. The molecule has 0 bridgehead atoms. The van der Waals surface area contributed by atoms with Crippen molar-refractivity contribution in [2.24, 2.45) is 0 Å². The van der Waals surface area contributed by atoms with Gasteiger partial charge in [0.25, 0.3) is 0 Å². The number of hydrogen-bond donors (Lipinski definition) is 1. The van der Waals surface area contributed by atoms with E-state index in [1.807, 2.05) is 6.07 Å². The van der Waals surface area contributed by atoms with Gasteiger partial charge in [0.2, 0.25) is 10.0 Å². The molecule has 0 aliphatic rings. The Bertz CT molecular complexity index is 626. The van der Waals surface area contributed by atoms with Crippen LogP contribution in [0, 0.1) is 23.0 Å². The molecule has 0 aliphatic carbocycles. The van der Waals surface area contributed by atoms with Crippen molar-refractivity contribution in [3.05, 3.63) is 23.8 Å². The highest BCUT2D eigenvalue weighted by atomic mass is 32.2. The summed E-state index contributed by atoms with van der Waals surface area (Å²) in [6.45, 7) is 1.51. The lowest BCUT2D eigenvalue weighted by atomic mass is 10.3. The van der Waals surface area contributed by atoms with Gasteiger partial charge in [0, 0.05) is 19.2 Å². The molecule has 0 aromatic heterocycles. The molecule has 0 spiro atoms. The fourth-order valence-electron chi connectivity index (χ4n) is 1.40. The van der Waals surface area contributed by atoms with E-state index in [1.54, 1.807) is 0 Å². The van der Waals surface area contributed by atoms with Crippen molar-refractivity contribution in [1.29, 1.82) is 5.26 Å². The molecule has 0 aliphatic heterocycles. The van der Waals surface area contributed by atoms with E-state index in [-0.39, 0.29) is 6.42 Å². The zero-order chi connectivity index (χ0) is 14.8. The number of nitrogen functional groups attached to an aromatic ring is 1. The molecule has 104 valence electrons. The van der Waals surface area contributed by atoms with E-state index in [1.165, 1.54) is 14.0 Å². The van der Waals surface area contributed by atoms with Crippen LogP contribution in [0.4, 0.5) is 14.5 Å². The topological polar surface area (TPSA) is 87.2 Å². The quantitative estimate of drug-likeness (QED) is 0.850. The normalized spacial score (nSPS) is 13.3. The van der Waals surface area contributed by atoms with Crippen molar-refractivity contribution < 1.29 is 17.2 Å². The van der Waals surface area contributed by atoms with Gasteiger partial charge < -0.3 is 5.73 Å². The molecule has 2 N–H and O–H groups in total. The minimum absolute atomic E-state index is 0.0476. The van der Waals surface area contributed by atoms with Gasteiger partial charge in [0.15, 0.2) is 0 Å². The maximum Gasteiger partial charge on any atom is 0.246 e. The SMILES string of the molecule is CC(CC#N)N(C)S(=O)(=O)c1cc(N)c(F)cc1F. The van der Waals surface area contributed by atoms with Crippen LogP contribution in [0.15, 0.2) is 17.0 Å². The second kappa shape index (κ2) is 5.50. The molecule has 0 radical (unpaired) electrons. The number of benzene rings is 1. The van der Waals surface area contributed by atoms with Gasteiger partial charge >= 0.3 is 0 Å². The molecule has 1 atom stereocenters. The second-order valence-corrected chi connectivity index (χ2v) is 6.00. The van der Waals surface area contributed by atoms with Gasteiger partial charge in [-0.3, -0.25) is 0 Å². The standard InChI is InChI=1S/C11H13F2N3O2S/c1-7(3-4-14)16(2)19(17,18)11-6-10(15)8(12)5-9(11)13/h5-7H,3,15H2,1-2H3. The van der Waals surface area contributed by atoms with Gasteiger partial charge in [-0.05, 0) is 13.0 Å². The van der Waals surface area contributed by atoms with Crippen molar-refractivity contribution in [3.8, 4) is 6.07 Å². The third-order valence-electron chi connectivity index (χ3n) is 2.72. The molecule has 1 aromatic carbocycles. The minimum atomic E-state index is -4.17. The summed E-state index contributed by atoms with van der Waals surface area (Å²) >= 11 is 0. The van der Waals surface area contributed by atoms with Crippen LogP contribution in [-0.4, -0.2) is 25.8 Å². The zero-order valence-corrected chi connectivity index (χ0v) is 11.2. The molecule has 1 unspecified atom stereocenters. The lowest BCUT2D eigenvalue weighted by Gasteiger charge is -2.22. The molecular formula is C11H13F2N3O2S. The summed E-state index contributed by atoms with van der Waals surface area (Å²) in [6, 6.07) is 2.34. The van der Waals surface area contributed by atoms with Crippen LogP contribution < -0.4 is 5.73 Å². The van der Waals surface area contributed by atoms with Crippen molar-refractivity contribution in [1.82, 2.24) is 4.31 Å². The number of rotatable bonds is 4. The van der Waals surface area contributed by atoms with Crippen LogP contribution in [0.3, 0.4) is 0 Å². The maximum absolute atomic E-state index is 13.6. The Labute approximate surface area is 110 Å². The predicted molar refractivity (Wildman–Crippen MR) is 65.4 cm³/mol. The zero-order valence-electron chi connectivity index (χ0n) is 10.4. The lowest BCUT2D eigenvalue weighted by Crippen LogP contribution is -2.35. The van der Waals surface area contributed by atoms with E-state index in [2.05, 4.69) is 0 Å². The number of nitrogens with two attached hydrogens (primary N) is 1. The average Bonchev–Trinajstić information content (AvgIpc) is 2.32. The molecule has 8 heteroatoms. The maximum atomic E-state index is 13.6. The molecule has 0 saturated heterocycles. The van der Waals surface area contributed by atoms with Crippen LogP contribution in [-0.2, 0) is 10.0 Å². The number of anilines is 1. The summed E-state index contributed by atoms with van der Waals surface area (Å²) < 4.78 is 51.7. The molecule has 1 rings (SSSR count). The molecule has 19 heavy (non-hydrogen) atoms. The highest BCUT2D eigenvalue weighted by Gasteiger charge is 2.29. The average molecular weight is 289 g/mol. The Morgan fingerprint density at radius 2 is 2.00 bits per heavy atom. The first-order chi connectivity index (χ1) is 8.71. The number of nitriles is 1. The highest BCUT2D eigenvalue weighted by molar-refractivity contribution is 7.89. The van der Waals surface area contributed by atoms with Crippen LogP contribution >= 0.6 is 0 Å². The summed E-state index contributed by atoms with van der Waals surface area (Å²) in [5.41, 5.74) is 4.79. The smallest absolute Gasteiger partial charge is 0.246 e. The van der Waals surface area contributed by atoms with Crippen molar-refractivity contribution in [2.45, 2.75) is 24.3 Å². The Balaban J connectivity index is 3.29. The van der Waals surface area contributed by atoms with E-state index >= 15 is 0 Å². The second-order valence-electron chi connectivity index (χ2n) is 4.04. The van der Waals surface area contributed by atoms with Crippen molar-refractivity contribution in [3.63, 3.8) is 0 Å². The van der Waals surface area contributed by atoms with E-state index in [0.717, 1.165) is 10.4 Å². The summed E-state index contributed by atoms with van der Waals surface area (Å²) in [7, 11) is -2.95. The molecule has 0 heterocycles. The van der Waals surface area contributed by atoms with Crippen LogP contribution in [0.1, 0.15) is 13.3 Å². The van der Waals surface area contributed by atoms with Gasteiger partial charge in [-0.15, -0.1) is 0 Å². The minimum Gasteiger partial charge on any atom is -0.396 e. The summed E-state index contributed by atoms with van der Waals surface area (Å²) in [6.07, 6.45) is -0.0476. The fourth-order valence-corrected chi connectivity index (χ4v) is 2.84. The monoisotopic (exact) mass is 289 g/mol. The van der Waals surface area contributed by atoms with Gasteiger partial charge in [0.05, 0.1) is 18.2 Å². The van der Waals surface area contributed by atoms with Crippen molar-refractivity contribution in [2.75, 3.05) is 12.8 Å². The molecule has 5 nitrogen and oxygen atoms in total. The van der Waals surface area contributed by atoms with E-state index in [0.29, 0.717) is 6.07 Å². The molecule has 0 saturated carbocycles. The van der Waals surface area contributed by atoms with Gasteiger partial charge in [0.1, 0.15) is 16.5 Å². The van der Waals surface area contributed by atoms with E-state index in [4.69, 9.17) is 11.0 Å². The summed E-state index contributed by atoms with van der Waals surface area (Å²) in [4.78, 5) is -0.710. The molecule has 0 fully saturated rings. The Morgan fingerprint density at radius 1 is 1.42 bits per heavy atom. The van der Waals surface area contributed by atoms with Gasteiger partial charge in [-0.2, -0.15) is 9.57 Å². The number of halogens is 2. The Kier molecular flexibility index (Phi) is 4.44. The molecule has 0 amide bonds. The number of sulfonamides is 1. The number of nitrogens with zero attached hydrogens (tertiary/aromatic N) is 2. The van der Waals surface area contributed by atoms with E-state index in [9.17, 15) is 17.2 Å². The van der Waals surface area contributed by atoms with Crippen LogP contribution in [0.5, 0.6) is 0 Å². The Hall–Kier alpha value is -1.72. The third kappa shape index (κ3) is 3.00.